The Kier molecular flexibility index (Phi) is 4.49. The highest BCUT2D eigenvalue weighted by Crippen LogP contribution is 2.59. The Morgan fingerprint density at radius 3 is 2.40 bits per heavy atom. The Hall–Kier alpha value is -3.15. The molecule has 2 fully saturated rings. The molecule has 0 radical (unpaired) electrons. The first-order valence-corrected chi connectivity index (χ1v) is 9.62. The first-order chi connectivity index (χ1) is 14.2. The fourth-order valence-corrected chi connectivity index (χ4v) is 5.60. The summed E-state index contributed by atoms with van der Waals surface area (Å²) in [6, 6.07) is 10.6. The van der Waals surface area contributed by atoms with Gasteiger partial charge in [0.1, 0.15) is 5.92 Å². The van der Waals surface area contributed by atoms with Crippen molar-refractivity contribution in [2.75, 3.05) is 7.05 Å². The van der Waals surface area contributed by atoms with Gasteiger partial charge in [0.2, 0.25) is 0 Å². The molecule has 2 aliphatic heterocycles. The third-order valence-electron chi connectivity index (χ3n) is 6.94. The Bertz CT molecular complexity index is 1050. The highest BCUT2D eigenvalue weighted by molar-refractivity contribution is 6.01. The summed E-state index contributed by atoms with van der Waals surface area (Å²) in [7, 11) is 1.88. The molecular formula is C22H18F3N5. The zero-order chi connectivity index (χ0) is 21.8. The molecule has 2 heterocycles. The molecule has 152 valence electrons. The SMILES string of the molecule is CN1[C@@H]2C=C3C(C#N)C(=N)C(C#N)(C#N)[C@@H](c4ccccc4C(F)(F)F)[C@H]3[C@H]1CC2. The average molecular weight is 409 g/mol. The lowest BCUT2D eigenvalue weighted by Crippen LogP contribution is -2.55. The van der Waals surface area contributed by atoms with Gasteiger partial charge in [0, 0.05) is 23.9 Å². The molecule has 0 spiro atoms. The normalized spacial score (nSPS) is 32.4. The van der Waals surface area contributed by atoms with Crippen LogP contribution in [0.5, 0.6) is 0 Å². The number of likely N-dealkylation sites (N-methyl/N-ethyl adjacent to an activating group) is 1. The first kappa shape index (κ1) is 20.1. The summed E-state index contributed by atoms with van der Waals surface area (Å²) >= 11 is 0. The number of rotatable bonds is 1. The van der Waals surface area contributed by atoms with Crippen LogP contribution in [0, 0.1) is 56.7 Å². The Balaban J connectivity index is 2.05. The van der Waals surface area contributed by atoms with E-state index in [1.54, 1.807) is 0 Å². The van der Waals surface area contributed by atoms with Crippen LogP contribution < -0.4 is 0 Å². The van der Waals surface area contributed by atoms with Gasteiger partial charge in [0.25, 0.3) is 0 Å². The van der Waals surface area contributed by atoms with Gasteiger partial charge in [-0.25, -0.2) is 0 Å². The van der Waals surface area contributed by atoms with Crippen molar-refractivity contribution < 1.29 is 13.2 Å². The zero-order valence-corrected chi connectivity index (χ0v) is 16.1. The molecule has 1 saturated carbocycles. The van der Waals surface area contributed by atoms with E-state index in [2.05, 4.69) is 4.90 Å². The van der Waals surface area contributed by atoms with Crippen LogP contribution in [-0.4, -0.2) is 29.7 Å². The Morgan fingerprint density at radius 1 is 1.13 bits per heavy atom. The number of nitriles is 3. The standard InChI is InChI=1S/C22H18F3N5/c1-30-12-6-7-17(30)18-14(8-12)15(9-26)20(29)21(10-27,11-28)19(18)13-4-2-3-5-16(13)22(23,24)25/h2-5,8,12,15,17-19,29H,6-7H2,1H3/t12-,15?,17+,18+,19-/m0/s1. The molecule has 8 heteroatoms. The third-order valence-corrected chi connectivity index (χ3v) is 6.94. The number of hydrogen-bond acceptors (Lipinski definition) is 5. The number of halogens is 3. The van der Waals surface area contributed by atoms with Crippen molar-refractivity contribution in [1.29, 1.82) is 21.2 Å². The molecule has 1 N–H and O–H groups in total. The molecule has 0 amide bonds. The summed E-state index contributed by atoms with van der Waals surface area (Å²) in [5.74, 6) is -2.91. The molecule has 4 rings (SSSR count). The maximum absolute atomic E-state index is 13.9. The fraction of sp³-hybridized carbons (Fsp3) is 0.455. The topological polar surface area (TPSA) is 98.5 Å². The summed E-state index contributed by atoms with van der Waals surface area (Å²) in [6.45, 7) is 0. The van der Waals surface area contributed by atoms with Crippen LogP contribution >= 0.6 is 0 Å². The van der Waals surface area contributed by atoms with Crippen molar-refractivity contribution in [3.63, 3.8) is 0 Å². The van der Waals surface area contributed by atoms with E-state index in [9.17, 15) is 29.0 Å². The zero-order valence-electron chi connectivity index (χ0n) is 16.1. The van der Waals surface area contributed by atoms with Crippen LogP contribution in [0.1, 0.15) is 29.9 Å². The van der Waals surface area contributed by atoms with E-state index in [0.29, 0.717) is 12.0 Å². The van der Waals surface area contributed by atoms with Gasteiger partial charge in [0.15, 0.2) is 5.41 Å². The van der Waals surface area contributed by atoms with Crippen LogP contribution in [-0.2, 0) is 6.18 Å². The van der Waals surface area contributed by atoms with Gasteiger partial charge in [-0.1, -0.05) is 24.3 Å². The highest BCUT2D eigenvalue weighted by Gasteiger charge is 2.62. The summed E-state index contributed by atoms with van der Waals surface area (Å²) in [6.07, 6.45) is -1.33. The summed E-state index contributed by atoms with van der Waals surface area (Å²) in [5, 5.41) is 38.4. The molecule has 1 unspecified atom stereocenters. The lowest BCUT2D eigenvalue weighted by atomic mass is 9.52. The predicted molar refractivity (Wildman–Crippen MR) is 101 cm³/mol. The minimum absolute atomic E-state index is 0.0417. The van der Waals surface area contributed by atoms with E-state index in [0.717, 1.165) is 12.5 Å². The van der Waals surface area contributed by atoms with Gasteiger partial charge >= 0.3 is 6.18 Å². The van der Waals surface area contributed by atoms with E-state index < -0.39 is 40.6 Å². The van der Waals surface area contributed by atoms with E-state index in [1.807, 2.05) is 31.3 Å². The van der Waals surface area contributed by atoms with Crippen LogP contribution in [0.4, 0.5) is 13.2 Å². The molecule has 2 bridgehead atoms. The van der Waals surface area contributed by atoms with Crippen molar-refractivity contribution in [3.05, 3.63) is 47.0 Å². The van der Waals surface area contributed by atoms with Gasteiger partial charge < -0.3 is 5.41 Å². The number of nitrogens with one attached hydrogen (secondary N) is 1. The monoisotopic (exact) mass is 409 g/mol. The second kappa shape index (κ2) is 6.69. The average Bonchev–Trinajstić information content (AvgIpc) is 2.95. The minimum atomic E-state index is -4.68. The van der Waals surface area contributed by atoms with E-state index in [1.165, 1.54) is 18.2 Å². The molecule has 3 aliphatic rings. The number of fused-ring (bicyclic) bond motifs is 4. The maximum atomic E-state index is 13.9. The van der Waals surface area contributed by atoms with Gasteiger partial charge in [-0.3, -0.25) is 4.90 Å². The highest BCUT2D eigenvalue weighted by atomic mass is 19.4. The second-order valence-corrected chi connectivity index (χ2v) is 8.14. The molecule has 30 heavy (non-hydrogen) atoms. The molecule has 5 atom stereocenters. The quantitative estimate of drug-likeness (QED) is 0.709. The number of nitrogens with zero attached hydrogens (tertiary/aromatic N) is 4. The van der Waals surface area contributed by atoms with Crippen LogP contribution in [0.25, 0.3) is 0 Å². The van der Waals surface area contributed by atoms with Crippen molar-refractivity contribution in [2.24, 2.45) is 17.3 Å². The fourth-order valence-electron chi connectivity index (χ4n) is 5.60. The van der Waals surface area contributed by atoms with Crippen LogP contribution in [0.3, 0.4) is 0 Å². The molecule has 0 aromatic heterocycles. The maximum Gasteiger partial charge on any atom is 0.416 e. The Morgan fingerprint density at radius 2 is 1.80 bits per heavy atom. The minimum Gasteiger partial charge on any atom is -0.305 e. The molecule has 1 saturated heterocycles. The predicted octanol–water partition coefficient (Wildman–Crippen LogP) is 4.01. The Labute approximate surface area is 172 Å². The lowest BCUT2D eigenvalue weighted by molar-refractivity contribution is -0.138. The molecule has 1 aromatic carbocycles. The van der Waals surface area contributed by atoms with Gasteiger partial charge in [-0.15, -0.1) is 0 Å². The molecular weight excluding hydrogens is 391 g/mol. The van der Waals surface area contributed by atoms with Crippen molar-refractivity contribution in [2.45, 2.75) is 37.0 Å². The molecule has 5 nitrogen and oxygen atoms in total. The number of hydrogen-bond donors (Lipinski definition) is 1. The number of alkyl halides is 3. The summed E-state index contributed by atoms with van der Waals surface area (Å²) < 4.78 is 41.7. The second-order valence-electron chi connectivity index (χ2n) is 8.14. The van der Waals surface area contributed by atoms with E-state index >= 15 is 0 Å². The van der Waals surface area contributed by atoms with Crippen molar-refractivity contribution in [3.8, 4) is 18.2 Å². The van der Waals surface area contributed by atoms with Crippen molar-refractivity contribution in [1.82, 2.24) is 4.90 Å². The van der Waals surface area contributed by atoms with E-state index in [-0.39, 0.29) is 17.6 Å². The van der Waals surface area contributed by atoms with Crippen LogP contribution in [0.2, 0.25) is 0 Å². The van der Waals surface area contributed by atoms with Crippen molar-refractivity contribution >= 4 is 5.71 Å². The lowest BCUT2D eigenvalue weighted by Gasteiger charge is -2.50. The first-order valence-electron chi connectivity index (χ1n) is 9.62. The summed E-state index contributed by atoms with van der Waals surface area (Å²) in [5.41, 5.74) is -3.07. The summed E-state index contributed by atoms with van der Waals surface area (Å²) in [4.78, 5) is 2.06. The smallest absolute Gasteiger partial charge is 0.305 e. The number of benzene rings is 1. The molecule has 1 aliphatic carbocycles. The van der Waals surface area contributed by atoms with Gasteiger partial charge in [0.05, 0.1) is 29.5 Å². The third kappa shape index (κ3) is 2.52. The van der Waals surface area contributed by atoms with Crippen LogP contribution in [0.15, 0.2) is 35.9 Å². The van der Waals surface area contributed by atoms with Gasteiger partial charge in [-0.05, 0) is 37.1 Å². The largest absolute Gasteiger partial charge is 0.416 e. The molecule has 1 aromatic rings. The van der Waals surface area contributed by atoms with E-state index in [4.69, 9.17) is 5.41 Å². The van der Waals surface area contributed by atoms with Gasteiger partial charge in [-0.2, -0.15) is 29.0 Å².